The van der Waals surface area contributed by atoms with Gasteiger partial charge in [-0.2, -0.15) is 0 Å². The molecule has 0 bridgehead atoms. The number of aromatic nitrogens is 3. The smallest absolute Gasteiger partial charge is 0.337 e. The SMILES string of the molecule is COC(=O)c1ccc(-c2nc3ccccn3n2)cc1. The maximum Gasteiger partial charge on any atom is 0.337 e. The van der Waals surface area contributed by atoms with Crippen molar-refractivity contribution in [2.45, 2.75) is 0 Å². The molecule has 3 rings (SSSR count). The van der Waals surface area contributed by atoms with E-state index in [1.807, 2.05) is 24.4 Å². The topological polar surface area (TPSA) is 56.5 Å². The van der Waals surface area contributed by atoms with Gasteiger partial charge in [-0.25, -0.2) is 14.3 Å². The average molecular weight is 253 g/mol. The third-order valence-corrected chi connectivity index (χ3v) is 2.81. The van der Waals surface area contributed by atoms with Gasteiger partial charge in [-0.15, -0.1) is 5.10 Å². The van der Waals surface area contributed by atoms with Crippen LogP contribution in [0.3, 0.4) is 0 Å². The number of pyridine rings is 1. The first kappa shape index (κ1) is 11.4. The fourth-order valence-electron chi connectivity index (χ4n) is 1.83. The van der Waals surface area contributed by atoms with E-state index in [2.05, 4.69) is 14.8 Å². The lowest BCUT2D eigenvalue weighted by molar-refractivity contribution is 0.0601. The van der Waals surface area contributed by atoms with Gasteiger partial charge in [-0.3, -0.25) is 0 Å². The van der Waals surface area contributed by atoms with Crippen LogP contribution in [0, 0.1) is 0 Å². The second-order valence-corrected chi connectivity index (χ2v) is 4.01. The van der Waals surface area contributed by atoms with Crippen molar-refractivity contribution >= 4 is 11.6 Å². The molecule has 0 aliphatic rings. The molecule has 1 aromatic carbocycles. The summed E-state index contributed by atoms with van der Waals surface area (Å²) in [6.45, 7) is 0. The lowest BCUT2D eigenvalue weighted by Crippen LogP contribution is -2.00. The first-order valence-electron chi connectivity index (χ1n) is 5.78. The van der Waals surface area contributed by atoms with Gasteiger partial charge in [0.25, 0.3) is 0 Å². The first-order chi connectivity index (χ1) is 9.28. The molecule has 0 spiro atoms. The number of fused-ring (bicyclic) bond motifs is 1. The lowest BCUT2D eigenvalue weighted by atomic mass is 10.1. The Kier molecular flexibility index (Phi) is 2.72. The van der Waals surface area contributed by atoms with Gasteiger partial charge in [-0.1, -0.05) is 18.2 Å². The molecule has 0 N–H and O–H groups in total. The van der Waals surface area contributed by atoms with Crippen molar-refractivity contribution in [1.82, 2.24) is 14.6 Å². The summed E-state index contributed by atoms with van der Waals surface area (Å²) in [5, 5.41) is 4.37. The Morgan fingerprint density at radius 3 is 2.63 bits per heavy atom. The van der Waals surface area contributed by atoms with Gasteiger partial charge in [0.1, 0.15) is 0 Å². The summed E-state index contributed by atoms with van der Waals surface area (Å²) in [6, 6.07) is 12.7. The fourth-order valence-corrected chi connectivity index (χ4v) is 1.83. The van der Waals surface area contributed by atoms with Crippen molar-refractivity contribution in [3.05, 3.63) is 54.2 Å². The van der Waals surface area contributed by atoms with E-state index in [1.54, 1.807) is 28.8 Å². The Hall–Kier alpha value is -2.69. The number of hydrogen-bond acceptors (Lipinski definition) is 4. The number of carbonyl (C=O) groups is 1. The highest BCUT2D eigenvalue weighted by atomic mass is 16.5. The molecule has 0 unspecified atom stereocenters. The molecule has 0 radical (unpaired) electrons. The molecule has 0 saturated heterocycles. The Morgan fingerprint density at radius 2 is 1.95 bits per heavy atom. The number of benzene rings is 1. The quantitative estimate of drug-likeness (QED) is 0.657. The van der Waals surface area contributed by atoms with Gasteiger partial charge < -0.3 is 4.74 Å². The minimum absolute atomic E-state index is 0.352. The zero-order chi connectivity index (χ0) is 13.2. The van der Waals surface area contributed by atoms with Crippen molar-refractivity contribution in [2.24, 2.45) is 0 Å². The summed E-state index contributed by atoms with van der Waals surface area (Å²) in [7, 11) is 1.36. The minimum Gasteiger partial charge on any atom is -0.465 e. The summed E-state index contributed by atoms with van der Waals surface area (Å²) in [4.78, 5) is 15.8. The molecule has 2 aromatic heterocycles. The molecule has 0 amide bonds. The van der Waals surface area contributed by atoms with Gasteiger partial charge in [-0.05, 0) is 24.3 Å². The lowest BCUT2D eigenvalue weighted by Gasteiger charge is -1.99. The molecule has 0 aliphatic heterocycles. The van der Waals surface area contributed by atoms with Crippen LogP contribution in [0.1, 0.15) is 10.4 Å². The van der Waals surface area contributed by atoms with Crippen molar-refractivity contribution < 1.29 is 9.53 Å². The molecule has 0 fully saturated rings. The summed E-state index contributed by atoms with van der Waals surface area (Å²) >= 11 is 0. The van der Waals surface area contributed by atoms with Crippen molar-refractivity contribution in [3.63, 3.8) is 0 Å². The number of ether oxygens (including phenoxy) is 1. The van der Waals surface area contributed by atoms with Gasteiger partial charge in [0, 0.05) is 11.8 Å². The number of hydrogen-bond donors (Lipinski definition) is 0. The zero-order valence-corrected chi connectivity index (χ0v) is 10.3. The van der Waals surface area contributed by atoms with Crippen LogP contribution in [0.4, 0.5) is 0 Å². The second kappa shape index (κ2) is 4.53. The third kappa shape index (κ3) is 2.06. The maximum atomic E-state index is 11.3. The molecule has 0 atom stereocenters. The highest BCUT2D eigenvalue weighted by Gasteiger charge is 2.08. The van der Waals surface area contributed by atoms with E-state index in [1.165, 1.54) is 7.11 Å². The fraction of sp³-hybridized carbons (Fsp3) is 0.0714. The molecular formula is C14H11N3O2. The third-order valence-electron chi connectivity index (χ3n) is 2.81. The highest BCUT2D eigenvalue weighted by Crippen LogP contribution is 2.17. The molecule has 2 heterocycles. The van der Waals surface area contributed by atoms with Crippen LogP contribution in [0.15, 0.2) is 48.7 Å². The molecule has 5 heteroatoms. The number of methoxy groups -OCH3 is 1. The summed E-state index contributed by atoms with van der Waals surface area (Å²) in [5.41, 5.74) is 2.15. The predicted octanol–water partition coefficient (Wildman–Crippen LogP) is 2.18. The normalized spacial score (nSPS) is 10.6. The van der Waals surface area contributed by atoms with E-state index >= 15 is 0 Å². The number of rotatable bonds is 2. The monoisotopic (exact) mass is 253 g/mol. The molecule has 0 aliphatic carbocycles. The van der Waals surface area contributed by atoms with Crippen LogP contribution in [-0.4, -0.2) is 27.7 Å². The molecule has 94 valence electrons. The number of esters is 1. The summed E-state index contributed by atoms with van der Waals surface area (Å²) in [6.07, 6.45) is 1.84. The van der Waals surface area contributed by atoms with Crippen LogP contribution in [-0.2, 0) is 4.74 Å². The molecule has 0 saturated carbocycles. The molecular weight excluding hydrogens is 242 g/mol. The van der Waals surface area contributed by atoms with Gasteiger partial charge in [0.2, 0.25) is 0 Å². The molecule has 19 heavy (non-hydrogen) atoms. The van der Waals surface area contributed by atoms with Gasteiger partial charge in [0.05, 0.1) is 12.7 Å². The van der Waals surface area contributed by atoms with Crippen molar-refractivity contribution in [3.8, 4) is 11.4 Å². The molecule has 3 aromatic rings. The summed E-state index contributed by atoms with van der Waals surface area (Å²) < 4.78 is 6.37. The predicted molar refractivity (Wildman–Crippen MR) is 69.8 cm³/mol. The zero-order valence-electron chi connectivity index (χ0n) is 10.3. The Morgan fingerprint density at radius 1 is 1.16 bits per heavy atom. The van der Waals surface area contributed by atoms with Crippen molar-refractivity contribution in [2.75, 3.05) is 7.11 Å². The van der Waals surface area contributed by atoms with E-state index < -0.39 is 0 Å². The van der Waals surface area contributed by atoms with Crippen LogP contribution in [0.5, 0.6) is 0 Å². The maximum absolute atomic E-state index is 11.3. The van der Waals surface area contributed by atoms with Crippen LogP contribution in [0.2, 0.25) is 0 Å². The van der Waals surface area contributed by atoms with Crippen LogP contribution < -0.4 is 0 Å². The molecule has 5 nitrogen and oxygen atoms in total. The van der Waals surface area contributed by atoms with Crippen LogP contribution >= 0.6 is 0 Å². The Labute approximate surface area is 109 Å². The number of nitrogens with zero attached hydrogens (tertiary/aromatic N) is 3. The Bertz CT molecular complexity index is 699. The van der Waals surface area contributed by atoms with Gasteiger partial charge >= 0.3 is 5.97 Å². The van der Waals surface area contributed by atoms with Gasteiger partial charge in [0.15, 0.2) is 11.5 Å². The van der Waals surface area contributed by atoms with Crippen LogP contribution in [0.25, 0.3) is 17.0 Å². The summed E-state index contributed by atoms with van der Waals surface area (Å²) in [5.74, 6) is 0.275. The largest absolute Gasteiger partial charge is 0.465 e. The Balaban J connectivity index is 1.99. The first-order valence-corrected chi connectivity index (χ1v) is 5.78. The standard InChI is InChI=1S/C14H11N3O2/c1-19-14(18)11-7-5-10(6-8-11)13-15-12-4-2-3-9-17(12)16-13/h2-9H,1H3. The minimum atomic E-state index is -0.352. The highest BCUT2D eigenvalue weighted by molar-refractivity contribution is 5.89. The van der Waals surface area contributed by atoms with E-state index in [-0.39, 0.29) is 5.97 Å². The van der Waals surface area contributed by atoms with E-state index in [0.717, 1.165) is 11.2 Å². The number of carbonyl (C=O) groups excluding carboxylic acids is 1. The van der Waals surface area contributed by atoms with E-state index in [4.69, 9.17) is 0 Å². The second-order valence-electron chi connectivity index (χ2n) is 4.01. The van der Waals surface area contributed by atoms with E-state index in [0.29, 0.717) is 11.4 Å². The van der Waals surface area contributed by atoms with E-state index in [9.17, 15) is 4.79 Å². The van der Waals surface area contributed by atoms with Crippen molar-refractivity contribution in [1.29, 1.82) is 0 Å². The average Bonchev–Trinajstić information content (AvgIpc) is 2.90.